The van der Waals surface area contributed by atoms with Crippen molar-refractivity contribution >= 4 is 5.84 Å². The zero-order chi connectivity index (χ0) is 13.4. The lowest BCUT2D eigenvalue weighted by Gasteiger charge is -2.14. The summed E-state index contributed by atoms with van der Waals surface area (Å²) in [6.45, 7) is 9.87. The standard InChI is InChI=1S/C5H11N3O.C4H10O.C2H6.H2/c6-5(7)4-2-1-3-8(4)9;1-4(2,3)5;1-2;/h4,9H,1-3H2,(H3,6,7);5H,1-3H3;1-2H3;1H/t4-;;;/m0.../s1. The Morgan fingerprint density at radius 2 is 1.81 bits per heavy atom. The zero-order valence-electron chi connectivity index (χ0n) is 11.1. The highest BCUT2D eigenvalue weighted by molar-refractivity contribution is 5.82. The Hall–Kier alpha value is -0.650. The van der Waals surface area contributed by atoms with Crippen molar-refractivity contribution < 1.29 is 11.7 Å². The van der Waals surface area contributed by atoms with Gasteiger partial charge in [-0.05, 0) is 33.6 Å². The summed E-state index contributed by atoms with van der Waals surface area (Å²) in [4.78, 5) is 0. The van der Waals surface area contributed by atoms with Gasteiger partial charge in [0.25, 0.3) is 0 Å². The first-order chi connectivity index (χ1) is 7.22. The minimum atomic E-state index is -0.500. The molecule has 0 spiro atoms. The molecule has 1 rings (SSSR count). The van der Waals surface area contributed by atoms with Crippen molar-refractivity contribution in [3.05, 3.63) is 0 Å². The molecule has 0 unspecified atom stereocenters. The van der Waals surface area contributed by atoms with Gasteiger partial charge in [0.15, 0.2) is 0 Å². The third kappa shape index (κ3) is 11.4. The molecule has 0 aromatic heterocycles. The molecule has 5 N–H and O–H groups in total. The average Bonchev–Trinajstić information content (AvgIpc) is 2.52. The van der Waals surface area contributed by atoms with Crippen molar-refractivity contribution in [1.29, 1.82) is 5.41 Å². The zero-order valence-corrected chi connectivity index (χ0v) is 11.1. The monoisotopic (exact) mass is 235 g/mol. The van der Waals surface area contributed by atoms with E-state index in [0.717, 1.165) is 17.9 Å². The fourth-order valence-electron chi connectivity index (χ4n) is 1.07. The maximum Gasteiger partial charge on any atom is 0.111 e. The molecule has 0 bridgehead atoms. The van der Waals surface area contributed by atoms with Crippen LogP contribution in [0.25, 0.3) is 0 Å². The van der Waals surface area contributed by atoms with Crippen LogP contribution in [0, 0.1) is 5.41 Å². The van der Waals surface area contributed by atoms with Crippen LogP contribution in [-0.4, -0.2) is 39.4 Å². The van der Waals surface area contributed by atoms with Crippen molar-refractivity contribution in [2.75, 3.05) is 6.54 Å². The first-order valence-corrected chi connectivity index (χ1v) is 5.73. The minimum absolute atomic E-state index is 0. The second kappa shape index (κ2) is 8.50. The van der Waals surface area contributed by atoms with Crippen LogP contribution < -0.4 is 5.73 Å². The van der Waals surface area contributed by atoms with Gasteiger partial charge >= 0.3 is 0 Å². The molecule has 5 heteroatoms. The van der Waals surface area contributed by atoms with E-state index in [0.29, 0.717) is 6.54 Å². The van der Waals surface area contributed by atoms with Crippen LogP contribution in [0.3, 0.4) is 0 Å². The molecular weight excluding hydrogens is 206 g/mol. The van der Waals surface area contributed by atoms with Crippen LogP contribution >= 0.6 is 0 Å². The second-order valence-electron chi connectivity index (χ2n) is 4.45. The average molecular weight is 235 g/mol. The van der Waals surface area contributed by atoms with Gasteiger partial charge in [-0.2, -0.15) is 5.06 Å². The van der Waals surface area contributed by atoms with Crippen LogP contribution in [0.15, 0.2) is 0 Å². The van der Waals surface area contributed by atoms with Gasteiger partial charge in [0.2, 0.25) is 0 Å². The SMILES string of the molecule is CC.CC(C)(C)O.N=C(N)[C@@H]1CCCN1O.[HH]. The summed E-state index contributed by atoms with van der Waals surface area (Å²) in [5, 5.41) is 25.6. The van der Waals surface area contributed by atoms with E-state index in [1.165, 1.54) is 0 Å². The van der Waals surface area contributed by atoms with Gasteiger partial charge in [0, 0.05) is 7.97 Å². The molecule has 1 heterocycles. The van der Waals surface area contributed by atoms with Gasteiger partial charge < -0.3 is 16.0 Å². The number of hydroxylamine groups is 2. The summed E-state index contributed by atoms with van der Waals surface area (Å²) in [5.41, 5.74) is 4.67. The first kappa shape index (κ1) is 17.7. The van der Waals surface area contributed by atoms with E-state index in [9.17, 15) is 0 Å². The van der Waals surface area contributed by atoms with E-state index in [-0.39, 0.29) is 13.3 Å². The molecule has 5 nitrogen and oxygen atoms in total. The fraction of sp³-hybridized carbons (Fsp3) is 0.909. The fourth-order valence-corrected chi connectivity index (χ4v) is 1.07. The number of hydrogen-bond donors (Lipinski definition) is 4. The smallest absolute Gasteiger partial charge is 0.111 e. The highest BCUT2D eigenvalue weighted by Crippen LogP contribution is 2.13. The number of rotatable bonds is 1. The summed E-state index contributed by atoms with van der Waals surface area (Å²) >= 11 is 0. The number of nitrogens with two attached hydrogens (primary N) is 1. The van der Waals surface area contributed by atoms with Crippen LogP contribution in [0.2, 0.25) is 0 Å². The van der Waals surface area contributed by atoms with Crippen molar-refractivity contribution in [3.63, 3.8) is 0 Å². The van der Waals surface area contributed by atoms with Gasteiger partial charge in [0.05, 0.1) is 11.6 Å². The van der Waals surface area contributed by atoms with E-state index in [1.807, 2.05) is 13.8 Å². The summed E-state index contributed by atoms with van der Waals surface area (Å²) in [7, 11) is 0. The second-order valence-corrected chi connectivity index (χ2v) is 4.45. The van der Waals surface area contributed by atoms with Crippen LogP contribution in [-0.2, 0) is 0 Å². The molecule has 0 amide bonds. The van der Waals surface area contributed by atoms with E-state index in [4.69, 9.17) is 21.5 Å². The van der Waals surface area contributed by atoms with Crippen LogP contribution in [0.1, 0.15) is 48.9 Å². The maximum atomic E-state index is 8.97. The molecule has 1 aliphatic heterocycles. The Morgan fingerprint density at radius 1 is 1.44 bits per heavy atom. The van der Waals surface area contributed by atoms with Crippen molar-refractivity contribution in [3.8, 4) is 0 Å². The Bertz CT molecular complexity index is 190. The number of nitrogens with zero attached hydrogens (tertiary/aromatic N) is 1. The molecule has 0 radical (unpaired) electrons. The normalized spacial score (nSPS) is 20.3. The van der Waals surface area contributed by atoms with Crippen LogP contribution in [0.5, 0.6) is 0 Å². The summed E-state index contributed by atoms with van der Waals surface area (Å²) in [6.07, 6.45) is 1.74. The first-order valence-electron chi connectivity index (χ1n) is 5.73. The lowest BCUT2D eigenvalue weighted by atomic mass is 10.2. The van der Waals surface area contributed by atoms with E-state index < -0.39 is 5.60 Å². The molecule has 0 aromatic rings. The molecule has 100 valence electrons. The summed E-state index contributed by atoms with van der Waals surface area (Å²) < 4.78 is 0. The predicted molar refractivity (Wildman–Crippen MR) is 68.9 cm³/mol. The Labute approximate surface area is 100 Å². The van der Waals surface area contributed by atoms with Crippen molar-refractivity contribution in [1.82, 2.24) is 5.06 Å². The Kier molecular flexibility index (Phi) is 9.42. The quantitative estimate of drug-likeness (QED) is 0.412. The molecular formula is C11H29N3O2. The number of nitrogens with one attached hydrogen (secondary N) is 1. The van der Waals surface area contributed by atoms with Gasteiger partial charge in [-0.15, -0.1) is 0 Å². The van der Waals surface area contributed by atoms with Crippen molar-refractivity contribution in [2.24, 2.45) is 5.73 Å². The third-order valence-corrected chi connectivity index (χ3v) is 1.58. The topological polar surface area (TPSA) is 93.6 Å². The minimum Gasteiger partial charge on any atom is -0.391 e. The van der Waals surface area contributed by atoms with E-state index in [2.05, 4.69) is 0 Å². The highest BCUT2D eigenvalue weighted by Gasteiger charge is 2.24. The third-order valence-electron chi connectivity index (χ3n) is 1.58. The molecule has 16 heavy (non-hydrogen) atoms. The van der Waals surface area contributed by atoms with E-state index in [1.54, 1.807) is 20.8 Å². The molecule has 0 aliphatic carbocycles. The molecule has 0 saturated carbocycles. The van der Waals surface area contributed by atoms with Gasteiger partial charge in [-0.3, -0.25) is 5.41 Å². The Balaban J connectivity index is -0.000000213. The predicted octanol–water partition coefficient (Wildman–Crippen LogP) is 1.83. The van der Waals surface area contributed by atoms with Gasteiger partial charge in [-0.1, -0.05) is 13.8 Å². The van der Waals surface area contributed by atoms with Crippen LogP contribution in [0.4, 0.5) is 0 Å². The van der Waals surface area contributed by atoms with Gasteiger partial charge in [-0.25, -0.2) is 0 Å². The molecule has 1 fully saturated rings. The number of amidine groups is 1. The van der Waals surface area contributed by atoms with Crippen molar-refractivity contribution in [2.45, 2.75) is 59.1 Å². The summed E-state index contributed by atoms with van der Waals surface area (Å²) in [5.74, 6) is 0.0648. The number of hydrogen-bond acceptors (Lipinski definition) is 4. The lowest BCUT2D eigenvalue weighted by Crippen LogP contribution is -2.37. The molecule has 1 aliphatic rings. The lowest BCUT2D eigenvalue weighted by molar-refractivity contribution is -0.0844. The highest BCUT2D eigenvalue weighted by atomic mass is 16.5. The maximum absolute atomic E-state index is 8.97. The largest absolute Gasteiger partial charge is 0.391 e. The van der Waals surface area contributed by atoms with E-state index >= 15 is 0 Å². The number of aliphatic hydroxyl groups is 1. The summed E-state index contributed by atoms with van der Waals surface area (Å²) in [6, 6.07) is -0.218. The molecule has 1 saturated heterocycles. The van der Waals surface area contributed by atoms with Gasteiger partial charge in [0.1, 0.15) is 5.84 Å². The Morgan fingerprint density at radius 3 is 1.94 bits per heavy atom. The molecule has 0 aromatic carbocycles. The molecule has 1 atom stereocenters.